The molecule has 25 heavy (non-hydrogen) atoms. The summed E-state index contributed by atoms with van der Waals surface area (Å²) in [6.07, 6.45) is 7.62. The summed E-state index contributed by atoms with van der Waals surface area (Å²) in [5.74, 6) is 1.87. The van der Waals surface area contributed by atoms with Gasteiger partial charge in [-0.1, -0.05) is 11.6 Å². The second-order valence-electron chi connectivity index (χ2n) is 7.50. The van der Waals surface area contributed by atoms with Crippen LogP contribution in [0, 0.1) is 5.92 Å². The largest absolute Gasteiger partial charge is 0.377 e. The van der Waals surface area contributed by atoms with Crippen LogP contribution in [0.1, 0.15) is 29.8 Å². The summed E-state index contributed by atoms with van der Waals surface area (Å²) in [5, 5.41) is 0.631. The maximum Gasteiger partial charge on any atom is 0.274 e. The third kappa shape index (κ3) is 3.04. The maximum atomic E-state index is 12.7. The van der Waals surface area contributed by atoms with Gasteiger partial charge in [0, 0.05) is 37.8 Å². The van der Waals surface area contributed by atoms with Gasteiger partial charge in [0.15, 0.2) is 0 Å². The summed E-state index contributed by atoms with van der Waals surface area (Å²) in [7, 11) is 0. The standard InChI is InChI=1S/C18H20ClN3O2S/c19-13-3-4-16-20-15(7-21(16)6-13)17(23)22-10-18(11-22)5-14(9-25-18)24-8-12-1-2-12/h3-4,6-7,12,14H,1-2,5,8-11H2/t14-/m1/s1. The van der Waals surface area contributed by atoms with Gasteiger partial charge in [-0.05, 0) is 37.3 Å². The number of ether oxygens (including phenoxy) is 1. The lowest BCUT2D eigenvalue weighted by Gasteiger charge is -2.47. The molecule has 0 unspecified atom stereocenters. The van der Waals surface area contributed by atoms with Crippen LogP contribution in [0.5, 0.6) is 0 Å². The summed E-state index contributed by atoms with van der Waals surface area (Å²) in [4.78, 5) is 19.0. The molecule has 1 aliphatic carbocycles. The Labute approximate surface area is 155 Å². The van der Waals surface area contributed by atoms with E-state index < -0.39 is 0 Å². The molecule has 2 aliphatic heterocycles. The molecule has 0 bridgehead atoms. The average molecular weight is 378 g/mol. The lowest BCUT2D eigenvalue weighted by molar-refractivity contribution is 0.0284. The van der Waals surface area contributed by atoms with Crippen LogP contribution >= 0.6 is 23.4 Å². The molecule has 7 heteroatoms. The SMILES string of the molecule is O=C(c1cn2cc(Cl)ccc2n1)N1CC2(C[C@@H](OCC3CC3)CS2)C1. The van der Waals surface area contributed by atoms with Gasteiger partial charge in [-0.15, -0.1) is 11.8 Å². The number of pyridine rings is 1. The molecule has 3 aliphatic rings. The van der Waals surface area contributed by atoms with Crippen molar-refractivity contribution in [3.8, 4) is 0 Å². The molecule has 1 saturated carbocycles. The van der Waals surface area contributed by atoms with E-state index in [-0.39, 0.29) is 10.7 Å². The number of hydrogen-bond acceptors (Lipinski definition) is 4. The Hall–Kier alpha value is -1.24. The van der Waals surface area contributed by atoms with Crippen LogP contribution in [0.15, 0.2) is 24.5 Å². The molecule has 1 spiro atoms. The van der Waals surface area contributed by atoms with Crippen molar-refractivity contribution < 1.29 is 9.53 Å². The lowest BCUT2D eigenvalue weighted by Crippen LogP contribution is -2.60. The van der Waals surface area contributed by atoms with Crippen molar-refractivity contribution in [2.45, 2.75) is 30.1 Å². The molecule has 0 aromatic carbocycles. The molecule has 1 amide bonds. The first-order chi connectivity index (χ1) is 12.1. The number of carbonyl (C=O) groups excluding carboxylic acids is 1. The van der Waals surface area contributed by atoms with Crippen molar-refractivity contribution >= 4 is 34.9 Å². The van der Waals surface area contributed by atoms with Gasteiger partial charge in [0.25, 0.3) is 5.91 Å². The number of rotatable bonds is 4. The number of likely N-dealkylation sites (tertiary alicyclic amines) is 1. The van der Waals surface area contributed by atoms with Crippen LogP contribution < -0.4 is 0 Å². The third-order valence-electron chi connectivity index (χ3n) is 5.32. The Bertz CT molecular complexity index is 829. The predicted octanol–water partition coefficient (Wildman–Crippen LogP) is 3.11. The van der Waals surface area contributed by atoms with Crippen molar-refractivity contribution in [3.05, 3.63) is 35.2 Å². The zero-order valence-corrected chi connectivity index (χ0v) is 15.4. The van der Waals surface area contributed by atoms with Gasteiger partial charge in [0.1, 0.15) is 11.3 Å². The minimum absolute atomic E-state index is 0.00777. The zero-order chi connectivity index (χ0) is 17.0. The van der Waals surface area contributed by atoms with Gasteiger partial charge in [-0.25, -0.2) is 4.98 Å². The number of carbonyl (C=O) groups is 1. The van der Waals surface area contributed by atoms with E-state index in [0.29, 0.717) is 16.8 Å². The first-order valence-corrected chi connectivity index (χ1v) is 10.2. The molecular weight excluding hydrogens is 358 g/mol. The van der Waals surface area contributed by atoms with Crippen molar-refractivity contribution in [1.29, 1.82) is 0 Å². The number of imidazole rings is 1. The molecule has 4 heterocycles. The van der Waals surface area contributed by atoms with Gasteiger partial charge < -0.3 is 14.0 Å². The molecule has 1 atom stereocenters. The summed E-state index contributed by atoms with van der Waals surface area (Å²) in [6.45, 7) is 2.52. The second-order valence-corrected chi connectivity index (χ2v) is 9.42. The first-order valence-electron chi connectivity index (χ1n) is 8.79. The van der Waals surface area contributed by atoms with Gasteiger partial charge in [0.05, 0.1) is 15.9 Å². The molecule has 2 aromatic heterocycles. The van der Waals surface area contributed by atoms with Gasteiger partial charge >= 0.3 is 0 Å². The minimum atomic E-state index is 0.00777. The van der Waals surface area contributed by atoms with Crippen LogP contribution in [0.2, 0.25) is 5.02 Å². The molecule has 5 rings (SSSR count). The summed E-state index contributed by atoms with van der Waals surface area (Å²) in [5.41, 5.74) is 1.23. The highest BCUT2D eigenvalue weighted by atomic mass is 35.5. The van der Waals surface area contributed by atoms with Crippen LogP contribution in [0.4, 0.5) is 0 Å². The van der Waals surface area contributed by atoms with Crippen molar-refractivity contribution in [3.63, 3.8) is 0 Å². The van der Waals surface area contributed by atoms with E-state index in [1.165, 1.54) is 12.8 Å². The number of halogens is 1. The van der Waals surface area contributed by atoms with Crippen LogP contribution in [-0.2, 0) is 4.74 Å². The molecule has 0 N–H and O–H groups in total. The maximum absolute atomic E-state index is 12.7. The first kappa shape index (κ1) is 16.0. The zero-order valence-electron chi connectivity index (χ0n) is 13.9. The van der Waals surface area contributed by atoms with Gasteiger partial charge in [-0.3, -0.25) is 4.79 Å². The molecule has 132 valence electrons. The predicted molar refractivity (Wildman–Crippen MR) is 98.4 cm³/mol. The number of hydrogen-bond donors (Lipinski definition) is 0. The second kappa shape index (κ2) is 5.89. The number of fused-ring (bicyclic) bond motifs is 1. The Kier molecular flexibility index (Phi) is 3.77. The summed E-state index contributed by atoms with van der Waals surface area (Å²) >= 11 is 7.97. The number of amides is 1. The normalized spacial score (nSPS) is 24.8. The molecule has 3 fully saturated rings. The highest BCUT2D eigenvalue weighted by Gasteiger charge is 2.51. The Morgan fingerprint density at radius 3 is 3.00 bits per heavy atom. The van der Waals surface area contributed by atoms with Crippen molar-refractivity contribution in [2.24, 2.45) is 5.92 Å². The summed E-state index contributed by atoms with van der Waals surface area (Å²) in [6, 6.07) is 3.61. The van der Waals surface area contributed by atoms with E-state index in [4.69, 9.17) is 16.3 Å². The highest BCUT2D eigenvalue weighted by molar-refractivity contribution is 8.01. The smallest absolute Gasteiger partial charge is 0.274 e. The van der Waals surface area contributed by atoms with Crippen LogP contribution in [-0.4, -0.2) is 56.5 Å². The van der Waals surface area contributed by atoms with Crippen LogP contribution in [0.25, 0.3) is 5.65 Å². The Morgan fingerprint density at radius 2 is 2.20 bits per heavy atom. The van der Waals surface area contributed by atoms with Crippen LogP contribution in [0.3, 0.4) is 0 Å². The van der Waals surface area contributed by atoms with Crippen molar-refractivity contribution in [1.82, 2.24) is 14.3 Å². The average Bonchev–Trinajstić information content (AvgIpc) is 3.14. The van der Waals surface area contributed by atoms with E-state index in [9.17, 15) is 4.79 Å². The Morgan fingerprint density at radius 1 is 1.36 bits per heavy atom. The fourth-order valence-electron chi connectivity index (χ4n) is 3.71. The fraction of sp³-hybridized carbons (Fsp3) is 0.556. The summed E-state index contributed by atoms with van der Waals surface area (Å²) < 4.78 is 8.04. The van der Waals surface area contributed by atoms with Crippen molar-refractivity contribution in [2.75, 3.05) is 25.4 Å². The topological polar surface area (TPSA) is 46.8 Å². The monoisotopic (exact) mass is 377 g/mol. The molecule has 5 nitrogen and oxygen atoms in total. The number of aromatic nitrogens is 2. The van der Waals surface area contributed by atoms with E-state index >= 15 is 0 Å². The molecule has 2 saturated heterocycles. The van der Waals surface area contributed by atoms with E-state index in [2.05, 4.69) is 4.98 Å². The quantitative estimate of drug-likeness (QED) is 0.821. The van der Waals surface area contributed by atoms with Gasteiger partial charge in [-0.2, -0.15) is 0 Å². The number of nitrogens with zero attached hydrogens (tertiary/aromatic N) is 3. The molecule has 2 aromatic rings. The molecular formula is C18H20ClN3O2S. The third-order valence-corrected chi connectivity index (χ3v) is 7.12. The highest BCUT2D eigenvalue weighted by Crippen LogP contribution is 2.46. The molecule has 0 radical (unpaired) electrons. The van der Waals surface area contributed by atoms with E-state index in [1.807, 2.05) is 22.7 Å². The van der Waals surface area contributed by atoms with Gasteiger partial charge in [0.2, 0.25) is 0 Å². The van der Waals surface area contributed by atoms with E-state index in [1.54, 1.807) is 22.9 Å². The Balaban J connectivity index is 1.21. The van der Waals surface area contributed by atoms with E-state index in [0.717, 1.165) is 43.4 Å². The number of thioether (sulfide) groups is 1. The fourth-order valence-corrected chi connectivity index (χ4v) is 5.43. The minimum Gasteiger partial charge on any atom is -0.377 e. The lowest BCUT2D eigenvalue weighted by atomic mass is 9.92.